The molecular weight excluding hydrogens is 214 g/mol. The molecule has 0 saturated carbocycles. The van der Waals surface area contributed by atoms with Gasteiger partial charge in [0, 0.05) is 13.0 Å². The molecule has 0 aromatic heterocycles. The molecule has 1 N–H and O–H groups in total. The monoisotopic (exact) mass is 231 g/mol. The summed E-state index contributed by atoms with van der Waals surface area (Å²) in [5.74, 6) is 3.31. The highest BCUT2D eigenvalue weighted by Crippen LogP contribution is 2.08. The molecule has 0 heterocycles. The SMILES string of the molecule is C#CCCCNC(=O)CCOc1ccccc1. The molecule has 0 aliphatic carbocycles. The maximum absolute atomic E-state index is 11.4. The number of hydrogen-bond donors (Lipinski definition) is 1. The van der Waals surface area contributed by atoms with E-state index in [4.69, 9.17) is 11.2 Å². The summed E-state index contributed by atoms with van der Waals surface area (Å²) in [6.45, 7) is 1.03. The van der Waals surface area contributed by atoms with E-state index in [1.54, 1.807) is 0 Å². The van der Waals surface area contributed by atoms with Crippen LogP contribution >= 0.6 is 0 Å². The van der Waals surface area contributed by atoms with Crippen LogP contribution in [0.3, 0.4) is 0 Å². The van der Waals surface area contributed by atoms with Gasteiger partial charge in [-0.3, -0.25) is 4.79 Å². The number of rotatable bonds is 7. The lowest BCUT2D eigenvalue weighted by molar-refractivity contribution is -0.121. The van der Waals surface area contributed by atoms with Crippen molar-refractivity contribution in [2.24, 2.45) is 0 Å². The van der Waals surface area contributed by atoms with Crippen LogP contribution in [0.25, 0.3) is 0 Å². The van der Waals surface area contributed by atoms with Gasteiger partial charge in [0.05, 0.1) is 13.0 Å². The van der Waals surface area contributed by atoms with E-state index in [0.29, 0.717) is 26.0 Å². The molecule has 0 spiro atoms. The third kappa shape index (κ3) is 6.26. The molecule has 0 aliphatic rings. The van der Waals surface area contributed by atoms with Gasteiger partial charge in [-0.25, -0.2) is 0 Å². The molecule has 1 rings (SSSR count). The molecule has 0 radical (unpaired) electrons. The molecule has 17 heavy (non-hydrogen) atoms. The van der Waals surface area contributed by atoms with Crippen LogP contribution in [0.1, 0.15) is 19.3 Å². The van der Waals surface area contributed by atoms with E-state index < -0.39 is 0 Å². The van der Waals surface area contributed by atoms with Crippen LogP contribution < -0.4 is 10.1 Å². The summed E-state index contributed by atoms with van der Waals surface area (Å²) >= 11 is 0. The van der Waals surface area contributed by atoms with E-state index >= 15 is 0 Å². The minimum atomic E-state index is -0.00190. The van der Waals surface area contributed by atoms with Crippen LogP contribution in [0.5, 0.6) is 5.75 Å². The van der Waals surface area contributed by atoms with Crippen LogP contribution in [0.4, 0.5) is 0 Å². The van der Waals surface area contributed by atoms with Crippen LogP contribution in [0, 0.1) is 12.3 Å². The number of para-hydroxylation sites is 1. The zero-order valence-electron chi connectivity index (χ0n) is 9.82. The highest BCUT2D eigenvalue weighted by molar-refractivity contribution is 5.75. The summed E-state index contributed by atoms with van der Waals surface area (Å²) in [5, 5.41) is 2.79. The Labute approximate surface area is 102 Å². The molecule has 0 saturated heterocycles. The predicted molar refractivity (Wildman–Crippen MR) is 67.6 cm³/mol. The van der Waals surface area contributed by atoms with Crippen LogP contribution in [0.2, 0.25) is 0 Å². The van der Waals surface area contributed by atoms with E-state index in [1.807, 2.05) is 30.3 Å². The summed E-state index contributed by atoms with van der Waals surface area (Å²) in [5.41, 5.74) is 0. The lowest BCUT2D eigenvalue weighted by Crippen LogP contribution is -2.25. The van der Waals surface area contributed by atoms with Gasteiger partial charge in [-0.1, -0.05) is 18.2 Å². The van der Waals surface area contributed by atoms with Gasteiger partial charge in [-0.2, -0.15) is 0 Å². The number of terminal acetylenes is 1. The van der Waals surface area contributed by atoms with Crippen molar-refractivity contribution in [1.82, 2.24) is 5.32 Å². The molecule has 90 valence electrons. The third-order valence-corrected chi connectivity index (χ3v) is 2.16. The Kier molecular flexibility index (Phi) is 6.35. The van der Waals surface area contributed by atoms with Gasteiger partial charge in [0.1, 0.15) is 5.75 Å². The van der Waals surface area contributed by atoms with Crippen molar-refractivity contribution in [3.05, 3.63) is 30.3 Å². The average Bonchev–Trinajstić information content (AvgIpc) is 2.36. The Bertz CT molecular complexity index is 368. The molecule has 0 atom stereocenters. The second-order valence-electron chi connectivity index (χ2n) is 3.57. The Hall–Kier alpha value is -1.95. The van der Waals surface area contributed by atoms with Crippen molar-refractivity contribution in [1.29, 1.82) is 0 Å². The van der Waals surface area contributed by atoms with E-state index in [-0.39, 0.29) is 5.91 Å². The maximum atomic E-state index is 11.4. The number of nitrogens with one attached hydrogen (secondary N) is 1. The lowest BCUT2D eigenvalue weighted by atomic mass is 10.3. The van der Waals surface area contributed by atoms with E-state index in [0.717, 1.165) is 12.2 Å². The van der Waals surface area contributed by atoms with Crippen molar-refractivity contribution in [3.63, 3.8) is 0 Å². The lowest BCUT2D eigenvalue weighted by Gasteiger charge is -2.06. The van der Waals surface area contributed by atoms with Gasteiger partial charge in [0.2, 0.25) is 5.91 Å². The highest BCUT2D eigenvalue weighted by atomic mass is 16.5. The summed E-state index contributed by atoms with van der Waals surface area (Å²) in [6.07, 6.45) is 6.99. The summed E-state index contributed by atoms with van der Waals surface area (Å²) in [6, 6.07) is 9.45. The Morgan fingerprint density at radius 3 is 2.82 bits per heavy atom. The average molecular weight is 231 g/mol. The summed E-state index contributed by atoms with van der Waals surface area (Å²) in [7, 11) is 0. The minimum Gasteiger partial charge on any atom is -0.493 e. The molecule has 0 bridgehead atoms. The fourth-order valence-electron chi connectivity index (χ4n) is 1.28. The molecule has 1 amide bonds. The van der Waals surface area contributed by atoms with Crippen molar-refractivity contribution < 1.29 is 9.53 Å². The molecule has 1 aromatic rings. The number of amides is 1. The second kappa shape index (κ2) is 8.23. The highest BCUT2D eigenvalue weighted by Gasteiger charge is 2.00. The molecule has 0 unspecified atom stereocenters. The molecule has 3 nitrogen and oxygen atoms in total. The zero-order valence-corrected chi connectivity index (χ0v) is 9.82. The van der Waals surface area contributed by atoms with Crippen molar-refractivity contribution in [2.45, 2.75) is 19.3 Å². The van der Waals surface area contributed by atoms with Gasteiger partial charge in [0.25, 0.3) is 0 Å². The minimum absolute atomic E-state index is 0.00190. The third-order valence-electron chi connectivity index (χ3n) is 2.16. The van der Waals surface area contributed by atoms with Crippen LogP contribution in [-0.2, 0) is 4.79 Å². The number of carbonyl (C=O) groups excluding carboxylic acids is 1. The smallest absolute Gasteiger partial charge is 0.223 e. The van der Waals surface area contributed by atoms with Gasteiger partial charge in [-0.05, 0) is 18.6 Å². The normalized spacial score (nSPS) is 9.35. The summed E-state index contributed by atoms with van der Waals surface area (Å²) < 4.78 is 5.41. The van der Waals surface area contributed by atoms with Gasteiger partial charge < -0.3 is 10.1 Å². The molecule has 0 aliphatic heterocycles. The number of ether oxygens (including phenoxy) is 1. The first kappa shape index (κ1) is 13.1. The van der Waals surface area contributed by atoms with Crippen molar-refractivity contribution in [2.75, 3.05) is 13.2 Å². The Morgan fingerprint density at radius 2 is 2.12 bits per heavy atom. The topological polar surface area (TPSA) is 38.3 Å². The fourth-order valence-corrected chi connectivity index (χ4v) is 1.28. The van der Waals surface area contributed by atoms with Gasteiger partial charge >= 0.3 is 0 Å². The van der Waals surface area contributed by atoms with E-state index in [2.05, 4.69) is 11.2 Å². The van der Waals surface area contributed by atoms with E-state index in [9.17, 15) is 4.79 Å². The number of benzene rings is 1. The first-order valence-electron chi connectivity index (χ1n) is 5.71. The van der Waals surface area contributed by atoms with Crippen molar-refractivity contribution >= 4 is 5.91 Å². The first-order valence-corrected chi connectivity index (χ1v) is 5.71. The fraction of sp³-hybridized carbons (Fsp3) is 0.357. The van der Waals surface area contributed by atoms with Gasteiger partial charge in [-0.15, -0.1) is 12.3 Å². The molecule has 1 aromatic carbocycles. The number of carbonyl (C=O) groups is 1. The second-order valence-corrected chi connectivity index (χ2v) is 3.57. The number of unbranched alkanes of at least 4 members (excludes halogenated alkanes) is 1. The maximum Gasteiger partial charge on any atom is 0.223 e. The summed E-state index contributed by atoms with van der Waals surface area (Å²) in [4.78, 5) is 11.4. The van der Waals surface area contributed by atoms with Gasteiger partial charge in [0.15, 0.2) is 0 Å². The zero-order chi connectivity index (χ0) is 12.3. The largest absolute Gasteiger partial charge is 0.493 e. The number of hydrogen-bond acceptors (Lipinski definition) is 2. The quantitative estimate of drug-likeness (QED) is 0.575. The van der Waals surface area contributed by atoms with Crippen LogP contribution in [0.15, 0.2) is 30.3 Å². The van der Waals surface area contributed by atoms with Crippen LogP contribution in [-0.4, -0.2) is 19.1 Å². The standard InChI is InChI=1S/C14H17NO2/c1-2-3-7-11-15-14(16)10-12-17-13-8-5-4-6-9-13/h1,4-6,8-9H,3,7,10-12H2,(H,15,16). The first-order chi connectivity index (χ1) is 8.33. The van der Waals surface area contributed by atoms with Crippen molar-refractivity contribution in [3.8, 4) is 18.1 Å². The Balaban J connectivity index is 2.07. The molecule has 0 fully saturated rings. The predicted octanol–water partition coefficient (Wildman–Crippen LogP) is 1.99. The Morgan fingerprint density at radius 1 is 1.35 bits per heavy atom. The molecule has 3 heteroatoms. The van der Waals surface area contributed by atoms with E-state index in [1.165, 1.54) is 0 Å². The molecular formula is C14H17NO2.